The quantitative estimate of drug-likeness (QED) is 0.193. The molecule has 0 radical (unpaired) electrons. The van der Waals surface area contributed by atoms with Crippen LogP contribution in [0.3, 0.4) is 0 Å². The van der Waals surface area contributed by atoms with Gasteiger partial charge in [-0.2, -0.15) is 5.10 Å². The van der Waals surface area contributed by atoms with E-state index in [9.17, 15) is 10.1 Å². The third-order valence-corrected chi connectivity index (χ3v) is 4.09. The third kappa shape index (κ3) is 5.52. The van der Waals surface area contributed by atoms with E-state index in [1.54, 1.807) is 0 Å². The molecular formula is C21H20N6O2. The van der Waals surface area contributed by atoms with Crippen molar-refractivity contribution < 1.29 is 4.92 Å². The van der Waals surface area contributed by atoms with Crippen molar-refractivity contribution in [2.75, 3.05) is 5.43 Å². The van der Waals surface area contributed by atoms with Gasteiger partial charge in [0.15, 0.2) is 0 Å². The fourth-order valence-corrected chi connectivity index (χ4v) is 2.43. The molecule has 0 aliphatic heterocycles. The van der Waals surface area contributed by atoms with Crippen LogP contribution in [-0.4, -0.2) is 15.7 Å². The molecule has 8 nitrogen and oxygen atoms in total. The summed E-state index contributed by atoms with van der Waals surface area (Å²) in [5, 5.41) is 23.6. The summed E-state index contributed by atoms with van der Waals surface area (Å²) in [5.41, 5.74) is 5.38. The van der Waals surface area contributed by atoms with Gasteiger partial charge in [-0.15, -0.1) is 10.2 Å². The van der Waals surface area contributed by atoms with E-state index in [1.807, 2.05) is 54.6 Å². The van der Waals surface area contributed by atoms with Crippen LogP contribution in [-0.2, 0) is 0 Å². The van der Waals surface area contributed by atoms with Crippen LogP contribution in [0, 0.1) is 10.1 Å². The minimum Gasteiger partial charge on any atom is -0.259 e. The van der Waals surface area contributed by atoms with Crippen LogP contribution in [0.2, 0.25) is 0 Å². The van der Waals surface area contributed by atoms with Gasteiger partial charge in [-0.1, -0.05) is 56.3 Å². The normalized spacial score (nSPS) is 11.8. The van der Waals surface area contributed by atoms with Gasteiger partial charge >= 0.3 is 0 Å². The first kappa shape index (κ1) is 19.8. The van der Waals surface area contributed by atoms with Crippen molar-refractivity contribution in [1.29, 1.82) is 0 Å². The van der Waals surface area contributed by atoms with Crippen molar-refractivity contribution in [3.8, 4) is 0 Å². The number of nitro groups is 1. The second-order valence-corrected chi connectivity index (χ2v) is 6.52. The Morgan fingerprint density at radius 3 is 2.34 bits per heavy atom. The number of rotatable bonds is 6. The largest absolute Gasteiger partial charge is 0.287 e. The van der Waals surface area contributed by atoms with E-state index in [1.165, 1.54) is 23.9 Å². The summed E-state index contributed by atoms with van der Waals surface area (Å²) in [5.74, 6) is 1.14. The number of anilines is 1. The Kier molecular flexibility index (Phi) is 6.36. The predicted octanol–water partition coefficient (Wildman–Crippen LogP) is 5.67. The Morgan fingerprint density at radius 1 is 1.03 bits per heavy atom. The van der Waals surface area contributed by atoms with Gasteiger partial charge in [0.2, 0.25) is 5.84 Å². The maximum atomic E-state index is 10.7. The number of benzene rings is 2. The van der Waals surface area contributed by atoms with E-state index in [0.717, 1.165) is 5.56 Å². The Hall–Kier alpha value is -3.94. The summed E-state index contributed by atoms with van der Waals surface area (Å²) in [6.07, 6.45) is 1.17. The van der Waals surface area contributed by atoms with Crippen molar-refractivity contribution in [1.82, 2.24) is 4.98 Å². The number of nitrogens with zero attached hydrogens (tertiary/aromatic N) is 5. The summed E-state index contributed by atoms with van der Waals surface area (Å²) in [4.78, 5) is 14.2. The zero-order valence-electron chi connectivity index (χ0n) is 16.1. The van der Waals surface area contributed by atoms with Crippen LogP contribution in [0.5, 0.6) is 0 Å². The molecule has 146 valence electrons. The van der Waals surface area contributed by atoms with Gasteiger partial charge in [0.25, 0.3) is 5.69 Å². The lowest BCUT2D eigenvalue weighted by molar-refractivity contribution is -0.385. The van der Waals surface area contributed by atoms with Gasteiger partial charge in [0.1, 0.15) is 12.0 Å². The number of aromatic nitrogens is 1. The fraction of sp³-hybridized carbons (Fsp3) is 0.143. The second-order valence-electron chi connectivity index (χ2n) is 6.52. The molecule has 3 aromatic rings. The van der Waals surface area contributed by atoms with Crippen LogP contribution in [0.4, 0.5) is 17.2 Å². The van der Waals surface area contributed by atoms with Crippen LogP contribution in [0.1, 0.15) is 30.9 Å². The molecule has 0 fully saturated rings. The number of azo groups is 1. The van der Waals surface area contributed by atoms with Gasteiger partial charge in [0.05, 0.1) is 10.6 Å². The van der Waals surface area contributed by atoms with E-state index in [-0.39, 0.29) is 5.69 Å². The molecule has 2 aromatic carbocycles. The topological polar surface area (TPSA) is 105 Å². The van der Waals surface area contributed by atoms with Crippen LogP contribution in [0.15, 0.2) is 88.3 Å². The van der Waals surface area contributed by atoms with Crippen LogP contribution >= 0.6 is 0 Å². The standard InChI is InChI=1S/C21H20N6O2/c1-15(2)16-8-10-17(11-9-16)21(25-23-18-6-4-3-5-7-18)26-24-20-13-12-19(14-22-20)27(28)29/h3-15H,1-2H3,(H,22,24)/b25-23+,26-21+. The number of pyridine rings is 1. The van der Waals surface area contributed by atoms with Gasteiger partial charge in [-0.3, -0.25) is 15.5 Å². The van der Waals surface area contributed by atoms with Crippen LogP contribution in [0.25, 0.3) is 0 Å². The monoisotopic (exact) mass is 388 g/mol. The highest BCUT2D eigenvalue weighted by Gasteiger charge is 2.07. The molecule has 0 spiro atoms. The predicted molar refractivity (Wildman–Crippen MR) is 113 cm³/mol. The molecule has 1 heterocycles. The van der Waals surface area contributed by atoms with E-state index < -0.39 is 4.92 Å². The molecule has 3 rings (SSSR count). The van der Waals surface area contributed by atoms with Crippen molar-refractivity contribution in [2.24, 2.45) is 15.3 Å². The Bertz CT molecular complexity index is 1010. The van der Waals surface area contributed by atoms with Gasteiger partial charge in [-0.05, 0) is 29.7 Å². The minimum absolute atomic E-state index is 0.0900. The number of hydrazone groups is 1. The van der Waals surface area contributed by atoms with Crippen molar-refractivity contribution in [3.63, 3.8) is 0 Å². The lowest BCUT2D eigenvalue weighted by Gasteiger charge is -2.07. The minimum atomic E-state index is -0.504. The Labute approximate surface area is 168 Å². The third-order valence-electron chi connectivity index (χ3n) is 4.09. The highest BCUT2D eigenvalue weighted by molar-refractivity contribution is 5.99. The molecule has 0 aliphatic carbocycles. The van der Waals surface area contributed by atoms with E-state index in [0.29, 0.717) is 23.3 Å². The number of amidine groups is 1. The van der Waals surface area contributed by atoms with E-state index >= 15 is 0 Å². The molecular weight excluding hydrogens is 368 g/mol. The molecule has 0 unspecified atom stereocenters. The van der Waals surface area contributed by atoms with Crippen molar-refractivity contribution in [3.05, 3.63) is 94.2 Å². The molecule has 0 saturated heterocycles. The summed E-state index contributed by atoms with van der Waals surface area (Å²) < 4.78 is 0. The number of hydrogen-bond acceptors (Lipinski definition) is 6. The molecule has 0 aliphatic rings. The molecule has 8 heteroatoms. The lowest BCUT2D eigenvalue weighted by atomic mass is 10.0. The SMILES string of the molecule is CC(C)c1ccc(C(/N=N/c2ccccc2)=N\Nc2ccc([N+](=O)[O-])cn2)cc1. The average molecular weight is 388 g/mol. The molecule has 0 saturated carbocycles. The van der Waals surface area contributed by atoms with Crippen LogP contribution < -0.4 is 5.43 Å². The van der Waals surface area contributed by atoms with Crippen molar-refractivity contribution in [2.45, 2.75) is 19.8 Å². The second kappa shape index (κ2) is 9.32. The highest BCUT2D eigenvalue weighted by atomic mass is 16.6. The van der Waals surface area contributed by atoms with E-state index in [4.69, 9.17) is 0 Å². The molecule has 0 amide bonds. The molecule has 29 heavy (non-hydrogen) atoms. The summed E-state index contributed by atoms with van der Waals surface area (Å²) in [6, 6.07) is 20.1. The number of hydrogen-bond donors (Lipinski definition) is 1. The fourth-order valence-electron chi connectivity index (χ4n) is 2.43. The zero-order chi connectivity index (χ0) is 20.6. The van der Waals surface area contributed by atoms with Gasteiger partial charge in [0, 0.05) is 11.6 Å². The van der Waals surface area contributed by atoms with Gasteiger partial charge < -0.3 is 0 Å². The maximum absolute atomic E-state index is 10.7. The maximum Gasteiger partial charge on any atom is 0.287 e. The average Bonchev–Trinajstić information content (AvgIpc) is 2.75. The molecule has 0 bridgehead atoms. The first-order valence-corrected chi connectivity index (χ1v) is 9.04. The number of nitrogens with one attached hydrogen (secondary N) is 1. The van der Waals surface area contributed by atoms with Gasteiger partial charge in [-0.25, -0.2) is 4.98 Å². The molecule has 1 N–H and O–H groups in total. The van der Waals surface area contributed by atoms with Crippen molar-refractivity contribution >= 4 is 23.0 Å². The lowest BCUT2D eigenvalue weighted by Crippen LogP contribution is -2.03. The summed E-state index contributed by atoms with van der Waals surface area (Å²) in [6.45, 7) is 4.25. The Balaban J connectivity index is 1.87. The first-order valence-electron chi connectivity index (χ1n) is 9.04. The summed E-state index contributed by atoms with van der Waals surface area (Å²) >= 11 is 0. The molecule has 0 atom stereocenters. The highest BCUT2D eigenvalue weighted by Crippen LogP contribution is 2.18. The zero-order valence-corrected chi connectivity index (χ0v) is 16.1. The van der Waals surface area contributed by atoms with E-state index in [2.05, 4.69) is 39.6 Å². The molecule has 1 aromatic heterocycles. The Morgan fingerprint density at radius 2 is 1.76 bits per heavy atom. The summed E-state index contributed by atoms with van der Waals surface area (Å²) in [7, 11) is 0. The first-order chi connectivity index (χ1) is 14.0. The smallest absolute Gasteiger partial charge is 0.259 e.